The zero-order chi connectivity index (χ0) is 11.8. The molecule has 0 bridgehead atoms. The number of carbonyl (C=O) groups is 1. The number of hydrogen-bond acceptors (Lipinski definition) is 3. The third kappa shape index (κ3) is 4.57. The molecule has 88 valence electrons. The Morgan fingerprint density at radius 3 is 2.81 bits per heavy atom. The topological polar surface area (TPSA) is 49.3 Å². The molecule has 2 N–H and O–H groups in total. The molecule has 0 radical (unpaired) electrons. The third-order valence-electron chi connectivity index (χ3n) is 2.15. The van der Waals surface area contributed by atoms with Crippen molar-refractivity contribution in [3.8, 4) is 5.75 Å². The summed E-state index contributed by atoms with van der Waals surface area (Å²) in [5.41, 5.74) is 0. The molecule has 1 rings (SSSR count). The van der Waals surface area contributed by atoms with Gasteiger partial charge in [-0.3, -0.25) is 9.52 Å². The SMILES string of the molecule is CCCCCC(=O)NSc1ccccc1O. The molecule has 0 saturated heterocycles. The minimum atomic E-state index is 0.0155. The second-order valence-electron chi connectivity index (χ2n) is 3.55. The van der Waals surface area contributed by atoms with Gasteiger partial charge in [-0.2, -0.15) is 0 Å². The van der Waals surface area contributed by atoms with Crippen LogP contribution >= 0.6 is 11.9 Å². The molecule has 0 aliphatic heterocycles. The molecule has 0 aromatic heterocycles. The van der Waals surface area contributed by atoms with Crippen molar-refractivity contribution in [2.45, 2.75) is 37.5 Å². The number of para-hydroxylation sites is 1. The average Bonchev–Trinajstić information content (AvgIpc) is 2.28. The van der Waals surface area contributed by atoms with Crippen LogP contribution in [0.2, 0.25) is 0 Å². The van der Waals surface area contributed by atoms with E-state index < -0.39 is 0 Å². The summed E-state index contributed by atoms with van der Waals surface area (Å²) in [5, 5.41) is 9.47. The van der Waals surface area contributed by atoms with Crippen LogP contribution in [0, 0.1) is 0 Å². The van der Waals surface area contributed by atoms with Gasteiger partial charge in [0.2, 0.25) is 5.91 Å². The highest BCUT2D eigenvalue weighted by Gasteiger charge is 2.04. The first-order chi connectivity index (χ1) is 7.74. The van der Waals surface area contributed by atoms with E-state index in [4.69, 9.17) is 0 Å². The Morgan fingerprint density at radius 2 is 2.12 bits per heavy atom. The van der Waals surface area contributed by atoms with Crippen molar-refractivity contribution >= 4 is 17.9 Å². The van der Waals surface area contributed by atoms with Crippen molar-refractivity contribution in [2.24, 2.45) is 0 Å². The molecule has 4 heteroatoms. The summed E-state index contributed by atoms with van der Waals surface area (Å²) in [6, 6.07) is 6.95. The summed E-state index contributed by atoms with van der Waals surface area (Å²) in [4.78, 5) is 12.1. The van der Waals surface area contributed by atoms with Crippen LogP contribution in [-0.4, -0.2) is 11.0 Å². The number of unbranched alkanes of at least 4 members (excludes halogenated alkanes) is 2. The molecule has 1 amide bonds. The molecule has 0 atom stereocenters. The standard InChI is InChI=1S/C12H17NO2S/c1-2-3-4-9-12(15)13-16-11-8-6-5-7-10(11)14/h5-8,14H,2-4,9H2,1H3,(H,13,15). The van der Waals surface area contributed by atoms with Crippen LogP contribution < -0.4 is 4.72 Å². The number of amides is 1. The molecule has 1 aromatic rings. The fourth-order valence-electron chi connectivity index (χ4n) is 1.24. The predicted octanol–water partition coefficient (Wildman–Crippen LogP) is 3.10. The summed E-state index contributed by atoms with van der Waals surface area (Å²) >= 11 is 1.16. The van der Waals surface area contributed by atoms with Gasteiger partial charge in [0, 0.05) is 6.42 Å². The van der Waals surface area contributed by atoms with Crippen LogP contribution in [0.25, 0.3) is 0 Å². The Morgan fingerprint density at radius 1 is 1.38 bits per heavy atom. The first-order valence-corrected chi connectivity index (χ1v) is 6.29. The molecule has 1 aromatic carbocycles. The second-order valence-corrected chi connectivity index (χ2v) is 4.40. The number of aromatic hydroxyl groups is 1. The smallest absolute Gasteiger partial charge is 0.230 e. The molecule has 0 saturated carbocycles. The van der Waals surface area contributed by atoms with E-state index in [0.29, 0.717) is 11.3 Å². The lowest BCUT2D eigenvalue weighted by Crippen LogP contribution is -2.14. The van der Waals surface area contributed by atoms with Crippen molar-refractivity contribution < 1.29 is 9.90 Å². The van der Waals surface area contributed by atoms with Crippen LogP contribution in [0.4, 0.5) is 0 Å². The summed E-state index contributed by atoms with van der Waals surface area (Å²) in [7, 11) is 0. The number of phenols is 1. The van der Waals surface area contributed by atoms with E-state index >= 15 is 0 Å². The number of rotatable bonds is 6. The van der Waals surface area contributed by atoms with Crippen molar-refractivity contribution in [3.63, 3.8) is 0 Å². The zero-order valence-corrected chi connectivity index (χ0v) is 10.2. The Balaban J connectivity index is 2.29. The number of carbonyl (C=O) groups excluding carboxylic acids is 1. The highest BCUT2D eigenvalue weighted by Crippen LogP contribution is 2.25. The Hall–Kier alpha value is -1.16. The molecule has 0 spiro atoms. The van der Waals surface area contributed by atoms with Crippen molar-refractivity contribution in [1.29, 1.82) is 0 Å². The van der Waals surface area contributed by atoms with Gasteiger partial charge in [0.05, 0.1) is 4.90 Å². The molecule has 0 aliphatic rings. The third-order valence-corrected chi connectivity index (χ3v) is 3.04. The Bertz CT molecular complexity index is 342. The van der Waals surface area contributed by atoms with Crippen LogP contribution in [0.3, 0.4) is 0 Å². The lowest BCUT2D eigenvalue weighted by Gasteiger charge is -2.05. The van der Waals surface area contributed by atoms with E-state index in [9.17, 15) is 9.90 Å². The molecule has 0 heterocycles. The van der Waals surface area contributed by atoms with Gasteiger partial charge >= 0.3 is 0 Å². The summed E-state index contributed by atoms with van der Waals surface area (Å²) < 4.78 is 2.72. The average molecular weight is 239 g/mol. The summed E-state index contributed by atoms with van der Waals surface area (Å²) in [6.45, 7) is 2.11. The first-order valence-electron chi connectivity index (χ1n) is 5.47. The monoisotopic (exact) mass is 239 g/mol. The fraction of sp³-hybridized carbons (Fsp3) is 0.417. The molecular formula is C12H17NO2S. The van der Waals surface area contributed by atoms with Crippen molar-refractivity contribution in [1.82, 2.24) is 4.72 Å². The van der Waals surface area contributed by atoms with Crippen LogP contribution in [0.15, 0.2) is 29.2 Å². The number of hydrogen-bond donors (Lipinski definition) is 2. The van der Waals surface area contributed by atoms with Crippen molar-refractivity contribution in [2.75, 3.05) is 0 Å². The molecule has 3 nitrogen and oxygen atoms in total. The lowest BCUT2D eigenvalue weighted by molar-refractivity contribution is -0.119. The van der Waals surface area contributed by atoms with E-state index in [0.717, 1.165) is 31.2 Å². The minimum Gasteiger partial charge on any atom is -0.507 e. The minimum absolute atomic E-state index is 0.0155. The molecule has 0 fully saturated rings. The zero-order valence-electron chi connectivity index (χ0n) is 9.40. The van der Waals surface area contributed by atoms with Crippen LogP contribution in [0.5, 0.6) is 5.75 Å². The maximum atomic E-state index is 11.4. The van der Waals surface area contributed by atoms with E-state index in [2.05, 4.69) is 11.6 Å². The quantitative estimate of drug-likeness (QED) is 0.592. The first kappa shape index (κ1) is 12.9. The lowest BCUT2D eigenvalue weighted by atomic mass is 10.2. The van der Waals surface area contributed by atoms with Crippen LogP contribution in [0.1, 0.15) is 32.6 Å². The van der Waals surface area contributed by atoms with Gasteiger partial charge < -0.3 is 5.11 Å². The van der Waals surface area contributed by atoms with Gasteiger partial charge in [-0.1, -0.05) is 31.9 Å². The van der Waals surface area contributed by atoms with Crippen molar-refractivity contribution in [3.05, 3.63) is 24.3 Å². The molecule has 16 heavy (non-hydrogen) atoms. The summed E-state index contributed by atoms with van der Waals surface area (Å²) in [5.74, 6) is 0.211. The normalized spacial score (nSPS) is 10.1. The van der Waals surface area contributed by atoms with Gasteiger partial charge in [0.1, 0.15) is 5.75 Å². The van der Waals surface area contributed by atoms with Gasteiger partial charge in [0.15, 0.2) is 0 Å². The van der Waals surface area contributed by atoms with Gasteiger partial charge in [-0.15, -0.1) is 0 Å². The second kappa shape index (κ2) is 7.17. The summed E-state index contributed by atoms with van der Waals surface area (Å²) in [6.07, 6.45) is 3.66. The number of benzene rings is 1. The fourth-order valence-corrected chi connectivity index (χ4v) is 1.89. The number of nitrogens with one attached hydrogen (secondary N) is 1. The number of phenolic OH excluding ortho intramolecular Hbond substituents is 1. The predicted molar refractivity (Wildman–Crippen MR) is 66.2 cm³/mol. The highest BCUT2D eigenvalue weighted by molar-refractivity contribution is 7.98. The van der Waals surface area contributed by atoms with Gasteiger partial charge in [-0.25, -0.2) is 0 Å². The van der Waals surface area contributed by atoms with Crippen LogP contribution in [-0.2, 0) is 4.79 Å². The maximum absolute atomic E-state index is 11.4. The van der Waals surface area contributed by atoms with Gasteiger partial charge in [-0.05, 0) is 30.5 Å². The highest BCUT2D eigenvalue weighted by atomic mass is 32.2. The maximum Gasteiger partial charge on any atom is 0.230 e. The molecule has 0 aliphatic carbocycles. The van der Waals surface area contributed by atoms with E-state index in [-0.39, 0.29) is 11.7 Å². The largest absolute Gasteiger partial charge is 0.507 e. The van der Waals surface area contributed by atoms with Gasteiger partial charge in [0.25, 0.3) is 0 Å². The van der Waals surface area contributed by atoms with E-state index in [1.165, 1.54) is 0 Å². The molecular weight excluding hydrogens is 222 g/mol. The van der Waals surface area contributed by atoms with E-state index in [1.807, 2.05) is 6.07 Å². The Kier molecular flexibility index (Phi) is 5.78. The molecule has 0 unspecified atom stereocenters. The van der Waals surface area contributed by atoms with E-state index in [1.54, 1.807) is 18.2 Å². The Labute approximate surface area is 100 Å².